The summed E-state index contributed by atoms with van der Waals surface area (Å²) in [7, 11) is -0.946. The molecule has 0 aliphatic carbocycles. The Bertz CT molecular complexity index is 835. The number of anilines is 2. The summed E-state index contributed by atoms with van der Waals surface area (Å²) in [6.07, 6.45) is 0. The van der Waals surface area contributed by atoms with Gasteiger partial charge in [0.25, 0.3) is 0 Å². The molecule has 3 heteroatoms. The van der Waals surface area contributed by atoms with Crippen molar-refractivity contribution >= 4 is 36.5 Å². The van der Waals surface area contributed by atoms with Crippen LogP contribution in [-0.2, 0) is 0 Å². The van der Waals surface area contributed by atoms with Gasteiger partial charge in [-0.3, -0.25) is 0 Å². The molecule has 0 bridgehead atoms. The van der Waals surface area contributed by atoms with Crippen LogP contribution < -0.4 is 15.5 Å². The van der Waals surface area contributed by atoms with Gasteiger partial charge in [0, 0.05) is 29.7 Å². The van der Waals surface area contributed by atoms with Crippen LogP contribution in [0.25, 0.3) is 0 Å². The summed E-state index contributed by atoms with van der Waals surface area (Å²) >= 11 is 0. The van der Waals surface area contributed by atoms with Gasteiger partial charge in [-0.05, 0) is 105 Å². The molecule has 0 aliphatic rings. The molecule has 2 rings (SSSR count). The van der Waals surface area contributed by atoms with Crippen LogP contribution in [0, 0.1) is 27.2 Å². The van der Waals surface area contributed by atoms with Gasteiger partial charge >= 0.3 is 0 Å². The van der Waals surface area contributed by atoms with Crippen molar-refractivity contribution in [1.82, 2.24) is 0 Å². The van der Waals surface area contributed by atoms with Crippen LogP contribution in [0.15, 0.2) is 36.4 Å². The zero-order valence-electron chi connectivity index (χ0n) is 22.5. The highest BCUT2D eigenvalue weighted by atomic mass is 31.2. The maximum Gasteiger partial charge on any atom is 0.0886 e. The van der Waals surface area contributed by atoms with Crippen LogP contribution in [-0.4, -0.2) is 29.7 Å². The molecule has 1 nitrogen and oxygen atoms in total. The zero-order valence-corrected chi connectivity index (χ0v) is 24.3. The standard InChI is InChI=1S/C29H47NP2/c1-20(2)31(12,21(3)4)28-16-14-24(9)18-26(28)30(11)27-19-25(10)15-17-29(27)32(13,22(5)6)23(7)8/h14-23H,12-13H2,1-11H3. The number of benzene rings is 2. The lowest BCUT2D eigenvalue weighted by Crippen LogP contribution is -2.32. The third kappa shape index (κ3) is 4.81. The highest BCUT2D eigenvalue weighted by molar-refractivity contribution is 7.85. The van der Waals surface area contributed by atoms with Gasteiger partial charge < -0.3 is 4.90 Å². The van der Waals surface area contributed by atoms with E-state index in [1.54, 1.807) is 0 Å². The average Bonchev–Trinajstić information content (AvgIpc) is 2.71. The molecule has 0 saturated carbocycles. The van der Waals surface area contributed by atoms with E-state index in [1.165, 1.54) is 33.1 Å². The highest BCUT2D eigenvalue weighted by Crippen LogP contribution is 2.67. The van der Waals surface area contributed by atoms with E-state index in [4.69, 9.17) is 13.3 Å². The van der Waals surface area contributed by atoms with Crippen LogP contribution >= 0.6 is 14.5 Å². The Morgan fingerprint density at radius 1 is 0.594 bits per heavy atom. The van der Waals surface area contributed by atoms with E-state index in [1.807, 2.05) is 0 Å². The minimum Gasteiger partial charge on any atom is -0.338 e. The van der Waals surface area contributed by atoms with Gasteiger partial charge in [0.1, 0.15) is 0 Å². The molecule has 0 saturated heterocycles. The van der Waals surface area contributed by atoms with Gasteiger partial charge in [-0.15, -0.1) is 0 Å². The Balaban J connectivity index is 2.85. The van der Waals surface area contributed by atoms with Gasteiger partial charge in [-0.1, -0.05) is 26.7 Å². The molecule has 0 spiro atoms. The molecular weight excluding hydrogens is 424 g/mol. The first kappa shape index (κ1) is 27.3. The summed E-state index contributed by atoms with van der Waals surface area (Å²) in [5.74, 6) is 0. The predicted molar refractivity (Wildman–Crippen MR) is 155 cm³/mol. The zero-order chi connectivity index (χ0) is 24.6. The van der Waals surface area contributed by atoms with Crippen molar-refractivity contribution in [1.29, 1.82) is 0 Å². The average molecular weight is 472 g/mol. The van der Waals surface area contributed by atoms with E-state index < -0.39 is 14.5 Å². The second-order valence-corrected chi connectivity index (χ2v) is 19.6. The summed E-state index contributed by atoms with van der Waals surface area (Å²) < 4.78 is 0. The molecule has 178 valence electrons. The quantitative estimate of drug-likeness (QED) is 0.275. The molecule has 0 fully saturated rings. The smallest absolute Gasteiger partial charge is 0.0886 e. The first-order valence-electron chi connectivity index (χ1n) is 12.1. The van der Waals surface area contributed by atoms with Crippen molar-refractivity contribution in [2.24, 2.45) is 0 Å². The second-order valence-electron chi connectivity index (χ2n) is 10.8. The molecule has 2 aromatic rings. The molecule has 0 unspecified atom stereocenters. The molecule has 32 heavy (non-hydrogen) atoms. The lowest BCUT2D eigenvalue weighted by Gasteiger charge is -2.43. The van der Waals surface area contributed by atoms with Crippen molar-refractivity contribution in [3.63, 3.8) is 0 Å². The first-order chi connectivity index (χ1) is 14.7. The minimum absolute atomic E-state index is 0.542. The fraction of sp³-hybridized carbons (Fsp3) is 0.517. The van der Waals surface area contributed by atoms with Crippen molar-refractivity contribution in [3.8, 4) is 0 Å². The fourth-order valence-corrected chi connectivity index (χ4v) is 11.5. The number of rotatable bonds is 8. The minimum atomic E-state index is -1.60. The lowest BCUT2D eigenvalue weighted by atomic mass is 10.1. The molecule has 0 heterocycles. The Hall–Kier alpha value is -0.900. The summed E-state index contributed by atoms with van der Waals surface area (Å²) in [5, 5.41) is 2.90. The van der Waals surface area contributed by atoms with E-state index in [9.17, 15) is 0 Å². The van der Waals surface area contributed by atoms with Crippen LogP contribution in [0.5, 0.6) is 0 Å². The molecule has 0 radical (unpaired) electrons. The number of hydrogen-bond donors (Lipinski definition) is 0. The normalized spacial score (nSPS) is 13.0. The molecular formula is C29H47NP2. The molecule has 0 atom stereocenters. The highest BCUT2D eigenvalue weighted by Gasteiger charge is 2.40. The van der Waals surface area contributed by atoms with E-state index in [0.29, 0.717) is 22.6 Å². The number of aryl methyl sites for hydroxylation is 2. The summed E-state index contributed by atoms with van der Waals surface area (Å²) in [6, 6.07) is 14.0. The molecule has 0 N–H and O–H groups in total. The fourth-order valence-electron chi connectivity index (χ4n) is 4.94. The maximum absolute atomic E-state index is 4.93. The molecule has 2 aromatic carbocycles. The van der Waals surface area contributed by atoms with E-state index in [-0.39, 0.29) is 0 Å². The largest absolute Gasteiger partial charge is 0.338 e. The van der Waals surface area contributed by atoms with Crippen molar-refractivity contribution in [2.75, 3.05) is 11.9 Å². The van der Waals surface area contributed by atoms with Gasteiger partial charge in [-0.2, -0.15) is 13.3 Å². The second kappa shape index (κ2) is 10.2. The third-order valence-corrected chi connectivity index (χ3v) is 17.5. The Labute approximate surface area is 201 Å². The van der Waals surface area contributed by atoms with Crippen molar-refractivity contribution < 1.29 is 0 Å². The Morgan fingerprint density at radius 3 is 1.12 bits per heavy atom. The van der Waals surface area contributed by atoms with Gasteiger partial charge in [-0.25, -0.2) is 0 Å². The van der Waals surface area contributed by atoms with Crippen molar-refractivity contribution in [2.45, 2.75) is 91.9 Å². The third-order valence-electron chi connectivity index (χ3n) is 7.57. The van der Waals surface area contributed by atoms with E-state index >= 15 is 0 Å². The Kier molecular flexibility index (Phi) is 8.68. The lowest BCUT2D eigenvalue weighted by molar-refractivity contribution is 1.00. The van der Waals surface area contributed by atoms with Crippen molar-refractivity contribution in [3.05, 3.63) is 60.9 Å². The topological polar surface area (TPSA) is 3.24 Å². The molecule has 0 aliphatic heterocycles. The first-order valence-corrected chi connectivity index (χ1v) is 16.3. The Morgan fingerprint density at radius 2 is 0.875 bits per heavy atom. The predicted octanol–water partition coefficient (Wildman–Crippen LogP) is 8.57. The number of hydrogen-bond acceptors (Lipinski definition) is 1. The monoisotopic (exact) mass is 471 g/mol. The molecule has 0 aromatic heterocycles. The summed E-state index contributed by atoms with van der Waals surface area (Å²) in [4.78, 5) is 2.46. The van der Waals surface area contributed by atoms with Gasteiger partial charge in [0.2, 0.25) is 0 Å². The van der Waals surface area contributed by atoms with Crippen LogP contribution in [0.3, 0.4) is 0 Å². The summed E-state index contributed by atoms with van der Waals surface area (Å²) in [5.41, 5.74) is 7.41. The molecule has 0 amide bonds. The van der Waals surface area contributed by atoms with Crippen LogP contribution in [0.1, 0.15) is 66.5 Å². The van der Waals surface area contributed by atoms with Crippen LogP contribution in [0.2, 0.25) is 0 Å². The summed E-state index contributed by atoms with van der Waals surface area (Å²) in [6.45, 7) is 33.1. The number of nitrogens with zero attached hydrogens (tertiary/aromatic N) is 1. The maximum atomic E-state index is 4.93. The van der Waals surface area contributed by atoms with E-state index in [2.05, 4.69) is 118 Å². The van der Waals surface area contributed by atoms with Gasteiger partial charge in [0.05, 0.1) is 22.0 Å². The SMILES string of the molecule is [CH2-][P+](c1ccc(C)cc1N(C)c1cc(C)ccc1[P+]([CH2-])(C(C)C)C(C)C)(C(C)C)C(C)C. The van der Waals surface area contributed by atoms with Gasteiger partial charge in [0.15, 0.2) is 0 Å². The van der Waals surface area contributed by atoms with Crippen LogP contribution in [0.4, 0.5) is 11.4 Å². The van der Waals surface area contributed by atoms with E-state index in [0.717, 1.165) is 0 Å².